The summed E-state index contributed by atoms with van der Waals surface area (Å²) in [6.45, 7) is 4.84. The average Bonchev–Trinajstić information content (AvgIpc) is 2.68. The van der Waals surface area contributed by atoms with Crippen LogP contribution in [-0.2, 0) is 9.53 Å². The van der Waals surface area contributed by atoms with Gasteiger partial charge in [-0.25, -0.2) is 9.97 Å². The Bertz CT molecular complexity index is 775. The van der Waals surface area contributed by atoms with Gasteiger partial charge in [-0.2, -0.15) is 0 Å². The summed E-state index contributed by atoms with van der Waals surface area (Å²) in [7, 11) is 0. The van der Waals surface area contributed by atoms with Gasteiger partial charge < -0.3 is 20.3 Å². The van der Waals surface area contributed by atoms with Crippen LogP contribution in [0.25, 0.3) is 10.9 Å². The minimum atomic E-state index is -0.224. The van der Waals surface area contributed by atoms with Crippen molar-refractivity contribution in [3.05, 3.63) is 24.5 Å². The SMILES string of the molecule is NC(=O)C1CCCN(c2ncnc3cc(N4CCOCC4)ccc23)C1. The number of anilines is 2. The summed E-state index contributed by atoms with van der Waals surface area (Å²) >= 11 is 0. The van der Waals surface area contributed by atoms with Gasteiger partial charge in [-0.3, -0.25) is 4.79 Å². The molecule has 0 aliphatic carbocycles. The van der Waals surface area contributed by atoms with Crippen molar-refractivity contribution in [3.63, 3.8) is 0 Å². The lowest BCUT2D eigenvalue weighted by atomic mass is 9.97. The van der Waals surface area contributed by atoms with Crippen LogP contribution in [0.2, 0.25) is 0 Å². The van der Waals surface area contributed by atoms with Crippen LogP contribution in [0.3, 0.4) is 0 Å². The lowest BCUT2D eigenvalue weighted by Gasteiger charge is -2.33. The maximum absolute atomic E-state index is 11.6. The fourth-order valence-electron chi connectivity index (χ4n) is 3.70. The second kappa shape index (κ2) is 6.84. The van der Waals surface area contributed by atoms with Crippen molar-refractivity contribution >= 4 is 28.3 Å². The molecule has 132 valence electrons. The topological polar surface area (TPSA) is 84.6 Å². The molecule has 4 rings (SSSR count). The molecular weight excluding hydrogens is 318 g/mol. The zero-order chi connectivity index (χ0) is 17.2. The summed E-state index contributed by atoms with van der Waals surface area (Å²) in [5.41, 5.74) is 7.60. The summed E-state index contributed by atoms with van der Waals surface area (Å²) < 4.78 is 5.42. The zero-order valence-corrected chi connectivity index (χ0v) is 14.2. The first-order valence-electron chi connectivity index (χ1n) is 8.84. The van der Waals surface area contributed by atoms with Gasteiger partial charge in [0.25, 0.3) is 0 Å². The third-order valence-corrected chi connectivity index (χ3v) is 5.10. The minimum absolute atomic E-state index is 0.105. The van der Waals surface area contributed by atoms with E-state index in [4.69, 9.17) is 10.5 Å². The van der Waals surface area contributed by atoms with Gasteiger partial charge in [-0.15, -0.1) is 0 Å². The van der Waals surface area contributed by atoms with Crippen molar-refractivity contribution in [1.82, 2.24) is 9.97 Å². The number of ether oxygens (including phenoxy) is 1. The van der Waals surface area contributed by atoms with Crippen molar-refractivity contribution < 1.29 is 9.53 Å². The second-order valence-electron chi connectivity index (χ2n) is 6.69. The smallest absolute Gasteiger partial charge is 0.222 e. The van der Waals surface area contributed by atoms with Crippen LogP contribution in [0.4, 0.5) is 11.5 Å². The molecule has 1 unspecified atom stereocenters. The first-order chi connectivity index (χ1) is 12.2. The Kier molecular flexibility index (Phi) is 4.40. The van der Waals surface area contributed by atoms with E-state index >= 15 is 0 Å². The summed E-state index contributed by atoms with van der Waals surface area (Å²) in [6, 6.07) is 6.32. The molecule has 25 heavy (non-hydrogen) atoms. The Morgan fingerprint density at radius 2 is 2.00 bits per heavy atom. The molecule has 1 aromatic heterocycles. The number of nitrogens with zero attached hydrogens (tertiary/aromatic N) is 4. The summed E-state index contributed by atoms with van der Waals surface area (Å²) in [4.78, 5) is 25.0. The van der Waals surface area contributed by atoms with E-state index in [1.54, 1.807) is 6.33 Å². The number of hydrogen-bond acceptors (Lipinski definition) is 6. The molecule has 1 atom stereocenters. The van der Waals surface area contributed by atoms with Gasteiger partial charge >= 0.3 is 0 Å². The van der Waals surface area contributed by atoms with Crippen LogP contribution in [-0.4, -0.2) is 55.3 Å². The van der Waals surface area contributed by atoms with Crippen molar-refractivity contribution in [2.75, 3.05) is 49.2 Å². The lowest BCUT2D eigenvalue weighted by Crippen LogP contribution is -2.41. The number of piperidine rings is 1. The number of morpholine rings is 1. The summed E-state index contributed by atoms with van der Waals surface area (Å²) in [6.07, 6.45) is 3.41. The van der Waals surface area contributed by atoms with Crippen molar-refractivity contribution in [2.45, 2.75) is 12.8 Å². The normalized spacial score (nSPS) is 21.5. The average molecular weight is 341 g/mol. The number of hydrogen-bond donors (Lipinski definition) is 1. The number of primary amides is 1. The molecule has 7 nitrogen and oxygen atoms in total. The second-order valence-corrected chi connectivity index (χ2v) is 6.69. The molecule has 0 spiro atoms. The predicted octanol–water partition coefficient (Wildman–Crippen LogP) is 1.17. The van der Waals surface area contributed by atoms with Gasteiger partial charge in [-0.1, -0.05) is 0 Å². The molecule has 0 bridgehead atoms. The van der Waals surface area contributed by atoms with E-state index in [9.17, 15) is 4.79 Å². The minimum Gasteiger partial charge on any atom is -0.378 e. The standard InChI is InChI=1S/C18H23N5O2/c19-17(24)13-2-1-5-23(11-13)18-15-4-3-14(10-16(15)20-12-21-18)22-6-8-25-9-7-22/h3-4,10,12-13H,1-2,5-9,11H2,(H2,19,24). The Hall–Kier alpha value is -2.41. The molecule has 0 radical (unpaired) electrons. The highest BCUT2D eigenvalue weighted by molar-refractivity contribution is 5.92. The highest BCUT2D eigenvalue weighted by Crippen LogP contribution is 2.30. The Labute approximate surface area is 146 Å². The molecule has 2 aliphatic heterocycles. The van der Waals surface area contributed by atoms with E-state index in [1.165, 1.54) is 0 Å². The maximum Gasteiger partial charge on any atom is 0.222 e. The first kappa shape index (κ1) is 16.1. The highest BCUT2D eigenvalue weighted by atomic mass is 16.5. The Morgan fingerprint density at radius 3 is 2.80 bits per heavy atom. The molecule has 2 fully saturated rings. The van der Waals surface area contributed by atoms with Crippen LogP contribution in [0.1, 0.15) is 12.8 Å². The summed E-state index contributed by atoms with van der Waals surface area (Å²) in [5.74, 6) is 0.563. The number of amides is 1. The van der Waals surface area contributed by atoms with Crippen LogP contribution >= 0.6 is 0 Å². The van der Waals surface area contributed by atoms with Gasteiger partial charge in [0.05, 0.1) is 24.6 Å². The molecule has 3 heterocycles. The van der Waals surface area contributed by atoms with Crippen LogP contribution in [0, 0.1) is 5.92 Å². The molecule has 2 saturated heterocycles. The number of rotatable bonds is 3. The molecule has 2 aliphatic rings. The molecule has 1 amide bonds. The van der Waals surface area contributed by atoms with Gasteiger partial charge in [0.15, 0.2) is 0 Å². The van der Waals surface area contributed by atoms with Gasteiger partial charge in [-0.05, 0) is 31.0 Å². The number of fused-ring (bicyclic) bond motifs is 1. The largest absolute Gasteiger partial charge is 0.378 e. The third kappa shape index (κ3) is 3.24. The molecule has 7 heteroatoms. The van der Waals surface area contributed by atoms with E-state index in [0.717, 1.165) is 68.1 Å². The van der Waals surface area contributed by atoms with Crippen LogP contribution < -0.4 is 15.5 Å². The molecule has 0 saturated carbocycles. The van der Waals surface area contributed by atoms with Gasteiger partial charge in [0.1, 0.15) is 12.1 Å². The number of benzene rings is 1. The Morgan fingerprint density at radius 1 is 1.16 bits per heavy atom. The first-order valence-corrected chi connectivity index (χ1v) is 8.84. The van der Waals surface area contributed by atoms with Gasteiger partial charge in [0, 0.05) is 37.3 Å². The van der Waals surface area contributed by atoms with E-state index in [-0.39, 0.29) is 11.8 Å². The number of aromatic nitrogens is 2. The fraction of sp³-hybridized carbons (Fsp3) is 0.500. The van der Waals surface area contributed by atoms with Crippen LogP contribution in [0.15, 0.2) is 24.5 Å². The van der Waals surface area contributed by atoms with Crippen LogP contribution in [0.5, 0.6) is 0 Å². The molecule has 1 aromatic carbocycles. The lowest BCUT2D eigenvalue weighted by molar-refractivity contribution is -0.122. The van der Waals surface area contributed by atoms with Crippen molar-refractivity contribution in [1.29, 1.82) is 0 Å². The predicted molar refractivity (Wildman–Crippen MR) is 96.7 cm³/mol. The van der Waals surface area contributed by atoms with E-state index in [0.29, 0.717) is 6.54 Å². The Balaban J connectivity index is 1.64. The maximum atomic E-state index is 11.6. The van der Waals surface area contributed by atoms with Gasteiger partial charge in [0.2, 0.25) is 5.91 Å². The quantitative estimate of drug-likeness (QED) is 0.902. The number of carbonyl (C=O) groups excluding carboxylic acids is 1. The molecule has 2 N–H and O–H groups in total. The zero-order valence-electron chi connectivity index (χ0n) is 14.2. The van der Waals surface area contributed by atoms with Crippen molar-refractivity contribution in [3.8, 4) is 0 Å². The van der Waals surface area contributed by atoms with E-state index < -0.39 is 0 Å². The fourth-order valence-corrected chi connectivity index (χ4v) is 3.70. The monoisotopic (exact) mass is 341 g/mol. The van der Waals surface area contributed by atoms with Crippen molar-refractivity contribution in [2.24, 2.45) is 11.7 Å². The van der Waals surface area contributed by atoms with E-state index in [1.807, 2.05) is 0 Å². The summed E-state index contributed by atoms with van der Waals surface area (Å²) in [5, 5.41) is 1.02. The number of carbonyl (C=O) groups is 1. The molecular formula is C18H23N5O2. The molecule has 2 aromatic rings. The number of nitrogens with two attached hydrogens (primary N) is 1. The van der Waals surface area contributed by atoms with E-state index in [2.05, 4.69) is 38.0 Å². The highest BCUT2D eigenvalue weighted by Gasteiger charge is 2.26. The third-order valence-electron chi connectivity index (χ3n) is 5.10.